The third-order valence-electron chi connectivity index (χ3n) is 10.2. The van der Waals surface area contributed by atoms with E-state index in [1.165, 1.54) is 11.3 Å². The number of ether oxygens (including phenoxy) is 3. The molecule has 2 saturated carbocycles. The van der Waals surface area contributed by atoms with Crippen molar-refractivity contribution in [2.24, 2.45) is 11.3 Å². The number of fused-ring (bicyclic) bond motifs is 1. The van der Waals surface area contributed by atoms with Crippen LogP contribution in [-0.2, 0) is 14.3 Å². The first kappa shape index (κ1) is 37.4. The number of alkyl carbamates (subject to hydrolysis) is 1. The van der Waals surface area contributed by atoms with E-state index in [-0.39, 0.29) is 42.8 Å². The number of rotatable bonds is 12. The minimum atomic E-state index is -0.938. The number of aromatic nitrogens is 2. The van der Waals surface area contributed by atoms with Crippen LogP contribution in [0.2, 0.25) is 0 Å². The lowest BCUT2D eigenvalue weighted by Gasteiger charge is -2.35. The molecule has 280 valence electrons. The summed E-state index contributed by atoms with van der Waals surface area (Å²) in [5.41, 5.74) is 0.882. The van der Waals surface area contributed by atoms with Crippen LogP contribution in [0.3, 0.4) is 0 Å². The molecule has 3 heterocycles. The molecule has 3 N–H and O–H groups in total. The minimum Gasteiger partial charge on any atom is -0.497 e. The number of nitrogens with one attached hydrogen (secondary N) is 3. The Hall–Kier alpha value is -4.39. The Balaban J connectivity index is 1.30. The predicted octanol–water partition coefficient (Wildman–Crippen LogP) is 6.70. The van der Waals surface area contributed by atoms with Crippen LogP contribution in [0.1, 0.15) is 80.1 Å². The molecule has 1 aliphatic heterocycles. The molecule has 52 heavy (non-hydrogen) atoms. The number of nitrogens with zero attached hydrogens (tertiary/aromatic N) is 3. The van der Waals surface area contributed by atoms with Crippen molar-refractivity contribution in [3.8, 4) is 22.9 Å². The fourth-order valence-electron chi connectivity index (χ4n) is 7.16. The standard InChI is InChI=1S/C39H52N6O6S/c1-9-23-19-39(23,7)44-34(46)31-17-26(20-45(31)35(47)33(38(4,5)6)43-37(48)51-24-12-10-11-13-24)50-32-18-29(30-21-52-36(42-30)40-22(2)3)41-28-16-25(49-8)14-15-27(28)32/h9,14-16,18,21-24,26,31,33H,1,10-13,17,19-20H2,2-8H3,(H,40,42)(H,43,48)(H,44,46)/t23-,26-,31+,33-,39-/m1/s1. The molecule has 0 bridgehead atoms. The van der Waals surface area contributed by atoms with Crippen LogP contribution in [-0.4, -0.2) is 82.3 Å². The van der Waals surface area contributed by atoms with Crippen molar-refractivity contribution in [2.75, 3.05) is 19.0 Å². The molecule has 1 aromatic carbocycles. The highest BCUT2D eigenvalue weighted by atomic mass is 32.1. The zero-order chi connectivity index (χ0) is 37.4. The van der Waals surface area contributed by atoms with Gasteiger partial charge in [-0.1, -0.05) is 26.8 Å². The van der Waals surface area contributed by atoms with Gasteiger partial charge in [-0.25, -0.2) is 14.8 Å². The van der Waals surface area contributed by atoms with Crippen LogP contribution in [0.25, 0.3) is 22.3 Å². The summed E-state index contributed by atoms with van der Waals surface area (Å²) < 4.78 is 18.0. The molecule has 3 amide bonds. The molecule has 6 rings (SSSR count). The lowest BCUT2D eigenvalue weighted by molar-refractivity contribution is -0.142. The van der Waals surface area contributed by atoms with E-state index in [1.807, 2.05) is 63.4 Å². The fourth-order valence-corrected chi connectivity index (χ4v) is 8.02. The van der Waals surface area contributed by atoms with Crippen molar-refractivity contribution in [2.45, 2.75) is 116 Å². The molecule has 0 spiro atoms. The van der Waals surface area contributed by atoms with Crippen LogP contribution in [0.15, 0.2) is 42.3 Å². The van der Waals surface area contributed by atoms with Gasteiger partial charge in [0, 0.05) is 46.8 Å². The third-order valence-corrected chi connectivity index (χ3v) is 11.0. The van der Waals surface area contributed by atoms with Gasteiger partial charge in [-0.15, -0.1) is 17.9 Å². The first-order chi connectivity index (χ1) is 24.7. The van der Waals surface area contributed by atoms with E-state index < -0.39 is 35.2 Å². The van der Waals surface area contributed by atoms with Gasteiger partial charge in [0.15, 0.2) is 5.13 Å². The Morgan fingerprint density at radius 1 is 1.10 bits per heavy atom. The smallest absolute Gasteiger partial charge is 0.408 e. The number of thiazole rings is 1. The molecule has 3 aliphatic rings. The topological polar surface area (TPSA) is 144 Å². The van der Waals surface area contributed by atoms with E-state index in [2.05, 4.69) is 36.4 Å². The highest BCUT2D eigenvalue weighted by Gasteiger charge is 2.52. The Labute approximate surface area is 310 Å². The van der Waals surface area contributed by atoms with Crippen LogP contribution in [0.5, 0.6) is 11.5 Å². The molecule has 3 fully saturated rings. The number of amides is 3. The normalized spacial score (nSPS) is 23.7. The maximum atomic E-state index is 14.5. The summed E-state index contributed by atoms with van der Waals surface area (Å²) in [5, 5.41) is 12.9. The molecular weight excluding hydrogens is 681 g/mol. The summed E-state index contributed by atoms with van der Waals surface area (Å²) in [5.74, 6) is 0.741. The van der Waals surface area contributed by atoms with Gasteiger partial charge in [-0.2, -0.15) is 0 Å². The van der Waals surface area contributed by atoms with Gasteiger partial charge < -0.3 is 35.1 Å². The zero-order valence-electron chi connectivity index (χ0n) is 31.3. The number of methoxy groups -OCH3 is 1. The first-order valence-electron chi connectivity index (χ1n) is 18.3. The van der Waals surface area contributed by atoms with Crippen molar-refractivity contribution in [1.82, 2.24) is 25.5 Å². The first-order valence-corrected chi connectivity index (χ1v) is 19.2. The molecular formula is C39H52N6O6S. The summed E-state index contributed by atoms with van der Waals surface area (Å²) in [6, 6.07) is 5.92. The van der Waals surface area contributed by atoms with Crippen molar-refractivity contribution in [3.05, 3.63) is 42.3 Å². The Bertz CT molecular complexity index is 1820. The van der Waals surface area contributed by atoms with Crippen molar-refractivity contribution < 1.29 is 28.6 Å². The van der Waals surface area contributed by atoms with E-state index in [9.17, 15) is 14.4 Å². The van der Waals surface area contributed by atoms with Crippen LogP contribution in [0, 0.1) is 11.3 Å². The van der Waals surface area contributed by atoms with Gasteiger partial charge in [-0.3, -0.25) is 9.59 Å². The number of pyridine rings is 1. The minimum absolute atomic E-state index is 0.138. The van der Waals surface area contributed by atoms with E-state index in [4.69, 9.17) is 24.2 Å². The largest absolute Gasteiger partial charge is 0.497 e. The van der Waals surface area contributed by atoms with Crippen molar-refractivity contribution >= 4 is 45.3 Å². The number of likely N-dealkylation sites (tertiary alicyclic amines) is 1. The number of hydrogen-bond donors (Lipinski definition) is 3. The summed E-state index contributed by atoms with van der Waals surface area (Å²) in [6.45, 7) is 15.8. The maximum absolute atomic E-state index is 14.5. The molecule has 12 nitrogen and oxygen atoms in total. The average molecular weight is 733 g/mol. The number of anilines is 1. The van der Waals surface area contributed by atoms with Crippen LogP contribution < -0.4 is 25.4 Å². The van der Waals surface area contributed by atoms with Gasteiger partial charge in [0.2, 0.25) is 11.8 Å². The number of carbonyl (C=O) groups excluding carboxylic acids is 3. The van der Waals surface area contributed by atoms with Crippen molar-refractivity contribution in [3.63, 3.8) is 0 Å². The Kier molecular flexibility index (Phi) is 10.7. The van der Waals surface area contributed by atoms with Gasteiger partial charge in [0.1, 0.15) is 41.5 Å². The van der Waals surface area contributed by atoms with Gasteiger partial charge in [0.25, 0.3) is 0 Å². The molecule has 1 saturated heterocycles. The number of benzene rings is 1. The second-order valence-corrected chi connectivity index (χ2v) is 16.8. The fraction of sp³-hybridized carbons (Fsp3) is 0.564. The summed E-state index contributed by atoms with van der Waals surface area (Å²) >= 11 is 1.50. The monoisotopic (exact) mass is 732 g/mol. The molecule has 2 aromatic heterocycles. The number of hydrogen-bond acceptors (Lipinski definition) is 10. The van der Waals surface area contributed by atoms with E-state index in [1.54, 1.807) is 12.0 Å². The van der Waals surface area contributed by atoms with Gasteiger partial charge in [-0.05, 0) is 70.4 Å². The molecule has 13 heteroatoms. The second kappa shape index (κ2) is 14.9. The van der Waals surface area contributed by atoms with Gasteiger partial charge in [0.05, 0.1) is 24.9 Å². The maximum Gasteiger partial charge on any atom is 0.408 e. The van der Waals surface area contributed by atoms with E-state index in [0.717, 1.165) is 42.6 Å². The lowest BCUT2D eigenvalue weighted by Crippen LogP contribution is -2.58. The van der Waals surface area contributed by atoms with Crippen LogP contribution >= 0.6 is 11.3 Å². The molecule has 2 aliphatic carbocycles. The average Bonchev–Trinajstić information content (AvgIpc) is 3.58. The second-order valence-electron chi connectivity index (χ2n) is 15.9. The number of carbonyl (C=O) groups is 3. The Morgan fingerprint density at radius 3 is 2.50 bits per heavy atom. The summed E-state index contributed by atoms with van der Waals surface area (Å²) in [6.07, 6.45) is 5.23. The molecule has 0 unspecified atom stereocenters. The highest BCUT2D eigenvalue weighted by Crippen LogP contribution is 2.44. The van der Waals surface area contributed by atoms with E-state index >= 15 is 0 Å². The van der Waals surface area contributed by atoms with E-state index in [0.29, 0.717) is 28.4 Å². The molecule has 5 atom stereocenters. The van der Waals surface area contributed by atoms with Gasteiger partial charge >= 0.3 is 6.09 Å². The SMILES string of the molecule is C=C[C@@H]1C[C@@]1(C)NC(=O)[C@@H]1C[C@@H](Oc2cc(-c3csc(NC(C)C)n3)nc3cc(OC)ccc23)CN1C(=O)[C@@H](NC(=O)OC1CCCC1)C(C)(C)C. The molecule has 0 radical (unpaired) electrons. The van der Waals surface area contributed by atoms with Crippen molar-refractivity contribution in [1.29, 1.82) is 0 Å². The van der Waals surface area contributed by atoms with Crippen LogP contribution in [0.4, 0.5) is 9.93 Å². The summed E-state index contributed by atoms with van der Waals surface area (Å²) in [7, 11) is 1.61. The predicted molar refractivity (Wildman–Crippen MR) is 203 cm³/mol. The molecule has 3 aromatic rings. The Morgan fingerprint density at radius 2 is 1.85 bits per heavy atom. The quantitative estimate of drug-likeness (QED) is 0.173. The highest BCUT2D eigenvalue weighted by molar-refractivity contribution is 7.14. The third kappa shape index (κ3) is 8.29. The zero-order valence-corrected chi connectivity index (χ0v) is 32.1. The summed E-state index contributed by atoms with van der Waals surface area (Å²) in [4.78, 5) is 52.9. The lowest BCUT2D eigenvalue weighted by atomic mass is 9.85.